The quantitative estimate of drug-likeness (QED) is 0.805. The molecule has 25 heavy (non-hydrogen) atoms. The van der Waals surface area contributed by atoms with Gasteiger partial charge in [0.25, 0.3) is 5.91 Å². The Bertz CT molecular complexity index is 998. The second kappa shape index (κ2) is 4.34. The summed E-state index contributed by atoms with van der Waals surface area (Å²) in [4.78, 5) is 29.8. The Morgan fingerprint density at radius 1 is 1.36 bits per heavy atom. The van der Waals surface area contributed by atoms with E-state index >= 15 is 0 Å². The number of fused-ring (bicyclic) bond motifs is 4. The van der Waals surface area contributed by atoms with E-state index < -0.39 is 23.3 Å². The number of H-pyrrole nitrogens is 1. The van der Waals surface area contributed by atoms with Crippen LogP contribution in [0.5, 0.6) is 0 Å². The van der Waals surface area contributed by atoms with E-state index in [1.54, 1.807) is 4.90 Å². The number of hydrogen-bond donors (Lipinski definition) is 1. The van der Waals surface area contributed by atoms with Gasteiger partial charge in [-0.2, -0.15) is 0 Å². The van der Waals surface area contributed by atoms with Gasteiger partial charge in [-0.3, -0.25) is 9.59 Å². The molecule has 0 spiro atoms. The van der Waals surface area contributed by atoms with Crippen molar-refractivity contribution in [3.05, 3.63) is 46.9 Å². The molecule has 5 nitrogen and oxygen atoms in total. The second-order valence-electron chi connectivity index (χ2n) is 7.99. The molecule has 3 atom stereocenters. The molecule has 1 N–H and O–H groups in total. The number of ketones is 1. The minimum absolute atomic E-state index is 0.0630. The molecule has 3 heterocycles. The summed E-state index contributed by atoms with van der Waals surface area (Å²) in [6.07, 6.45) is 2.82. The molecule has 3 aliphatic rings. The first kappa shape index (κ1) is 14.8. The average molecular weight is 335 g/mol. The summed E-state index contributed by atoms with van der Waals surface area (Å²) in [5.41, 5.74) is 2.81. The van der Waals surface area contributed by atoms with Crippen LogP contribution in [0.2, 0.25) is 0 Å². The number of nitrogens with zero attached hydrogens (tertiary/aromatic N) is 1. The van der Waals surface area contributed by atoms with Gasteiger partial charge in [-0.1, -0.05) is 17.9 Å². The van der Waals surface area contributed by atoms with Crippen molar-refractivity contribution in [3.63, 3.8) is 0 Å². The molecule has 2 aromatic rings. The van der Waals surface area contributed by atoms with E-state index in [9.17, 15) is 14.7 Å². The van der Waals surface area contributed by atoms with Crippen molar-refractivity contribution in [2.24, 2.45) is 5.92 Å². The lowest BCUT2D eigenvalue weighted by molar-refractivity contribution is -0.312. The number of aromatic amines is 1. The summed E-state index contributed by atoms with van der Waals surface area (Å²) in [5.74, 6) is -1.02. The zero-order valence-electron chi connectivity index (χ0n) is 14.4. The van der Waals surface area contributed by atoms with Crippen molar-refractivity contribution < 1.29 is 14.7 Å². The van der Waals surface area contributed by atoms with E-state index in [1.807, 2.05) is 32.2 Å². The third-order valence-corrected chi connectivity index (χ3v) is 6.50. The van der Waals surface area contributed by atoms with E-state index in [2.05, 4.69) is 11.1 Å². The number of hydrogen-bond acceptors (Lipinski definition) is 3. The first-order chi connectivity index (χ1) is 11.8. The molecule has 1 amide bonds. The highest BCUT2D eigenvalue weighted by Gasteiger charge is 2.60. The SMILES string of the molecule is CC(=O)C1=C([O-])[C@@H]2[C@H]3c4c[nH]c5cccc(c45)C[C@H]3C(C)(C)N2C1=O. The maximum Gasteiger partial charge on any atom is 0.257 e. The van der Waals surface area contributed by atoms with Gasteiger partial charge in [0.05, 0.1) is 11.6 Å². The van der Waals surface area contributed by atoms with Crippen LogP contribution in [0.3, 0.4) is 0 Å². The number of carbonyl (C=O) groups is 2. The maximum atomic E-state index is 13.0. The smallest absolute Gasteiger partial charge is 0.257 e. The molecule has 0 saturated carbocycles. The summed E-state index contributed by atoms with van der Waals surface area (Å²) in [6, 6.07) is 5.65. The van der Waals surface area contributed by atoms with Gasteiger partial charge in [0, 0.05) is 28.6 Å². The largest absolute Gasteiger partial charge is 0.873 e. The fraction of sp³-hybridized carbons (Fsp3) is 0.400. The number of carbonyl (C=O) groups excluding carboxylic acids is 2. The standard InChI is InChI=1S/C20H20N2O3/c1-9(23)14-18(24)17-16-11-8-21-13-6-4-5-10(15(11)13)7-12(16)20(2,3)22(17)19(14)25/h4-6,8,12,16-17,21,24H,7H2,1-3H3/p-1/t12-,16+,17+/m1/s1. The van der Waals surface area contributed by atoms with Crippen molar-refractivity contribution in [3.8, 4) is 0 Å². The highest BCUT2D eigenvalue weighted by molar-refractivity contribution is 6.21. The van der Waals surface area contributed by atoms with Gasteiger partial charge in [0.2, 0.25) is 0 Å². The summed E-state index contributed by atoms with van der Waals surface area (Å²) in [6.45, 7) is 5.36. The third-order valence-electron chi connectivity index (χ3n) is 6.50. The second-order valence-corrected chi connectivity index (χ2v) is 7.99. The molecule has 0 radical (unpaired) electrons. The van der Waals surface area contributed by atoms with Crippen LogP contribution in [0, 0.1) is 5.92 Å². The number of nitrogens with one attached hydrogen (secondary N) is 1. The summed E-state index contributed by atoms with van der Waals surface area (Å²) < 4.78 is 0. The van der Waals surface area contributed by atoms with Crippen molar-refractivity contribution in [2.45, 2.75) is 44.7 Å². The van der Waals surface area contributed by atoms with Crippen LogP contribution in [0.4, 0.5) is 0 Å². The van der Waals surface area contributed by atoms with Gasteiger partial charge in [0.1, 0.15) is 0 Å². The van der Waals surface area contributed by atoms with Gasteiger partial charge in [0.15, 0.2) is 5.78 Å². The zero-order valence-corrected chi connectivity index (χ0v) is 14.4. The molecule has 1 fully saturated rings. The molecule has 0 unspecified atom stereocenters. The topological polar surface area (TPSA) is 76.2 Å². The van der Waals surface area contributed by atoms with Crippen LogP contribution in [-0.2, 0) is 16.0 Å². The maximum absolute atomic E-state index is 13.0. The van der Waals surface area contributed by atoms with Crippen LogP contribution in [0.15, 0.2) is 35.7 Å². The molecule has 1 saturated heterocycles. The van der Waals surface area contributed by atoms with Crippen LogP contribution in [-0.4, -0.2) is 33.2 Å². The van der Waals surface area contributed by atoms with Crippen LogP contribution < -0.4 is 5.11 Å². The molecule has 2 aliphatic heterocycles. The summed E-state index contributed by atoms with van der Waals surface area (Å²) in [7, 11) is 0. The van der Waals surface area contributed by atoms with Crippen LogP contribution in [0.1, 0.15) is 37.8 Å². The van der Waals surface area contributed by atoms with Crippen molar-refractivity contribution in [1.82, 2.24) is 9.88 Å². The van der Waals surface area contributed by atoms with Crippen molar-refractivity contribution >= 4 is 22.6 Å². The van der Waals surface area contributed by atoms with E-state index in [4.69, 9.17) is 0 Å². The molecule has 1 aromatic carbocycles. The van der Waals surface area contributed by atoms with E-state index in [-0.39, 0.29) is 23.2 Å². The molecule has 5 rings (SSSR count). The minimum Gasteiger partial charge on any atom is -0.873 e. The Balaban J connectivity index is 1.78. The van der Waals surface area contributed by atoms with Gasteiger partial charge in [-0.15, -0.1) is 0 Å². The Morgan fingerprint density at radius 2 is 2.12 bits per heavy atom. The van der Waals surface area contributed by atoms with Crippen LogP contribution >= 0.6 is 0 Å². The van der Waals surface area contributed by atoms with Crippen molar-refractivity contribution in [1.29, 1.82) is 0 Å². The number of rotatable bonds is 1. The lowest BCUT2D eigenvalue weighted by Crippen LogP contribution is -2.47. The molecule has 128 valence electrons. The first-order valence-electron chi connectivity index (χ1n) is 8.68. The Hall–Kier alpha value is -2.56. The Kier molecular flexibility index (Phi) is 2.56. The Labute approximate surface area is 145 Å². The fourth-order valence-electron chi connectivity index (χ4n) is 5.45. The highest BCUT2D eigenvalue weighted by Crippen LogP contribution is 2.57. The third kappa shape index (κ3) is 1.54. The number of benzene rings is 1. The predicted molar refractivity (Wildman–Crippen MR) is 90.7 cm³/mol. The minimum atomic E-state index is -0.557. The molecule has 0 bridgehead atoms. The van der Waals surface area contributed by atoms with E-state index in [1.165, 1.54) is 17.9 Å². The predicted octanol–water partition coefficient (Wildman–Crippen LogP) is 1.63. The van der Waals surface area contributed by atoms with Gasteiger partial charge in [-0.25, -0.2) is 0 Å². The lowest BCUT2D eigenvalue weighted by Gasteiger charge is -2.37. The molecule has 1 aromatic heterocycles. The zero-order chi connectivity index (χ0) is 17.7. The lowest BCUT2D eigenvalue weighted by atomic mass is 9.69. The molecule has 5 heteroatoms. The van der Waals surface area contributed by atoms with Gasteiger partial charge < -0.3 is 15.0 Å². The van der Waals surface area contributed by atoms with Gasteiger partial charge in [-0.05, 0) is 50.3 Å². The fourth-order valence-corrected chi connectivity index (χ4v) is 5.45. The number of aromatic nitrogens is 1. The van der Waals surface area contributed by atoms with E-state index in [0.29, 0.717) is 0 Å². The number of Topliss-reactive ketones (excluding diaryl/α,β-unsaturated/α-hetero) is 1. The molecular formula is C20H19N2O3-. The van der Waals surface area contributed by atoms with Gasteiger partial charge >= 0.3 is 0 Å². The van der Waals surface area contributed by atoms with E-state index in [0.717, 1.165) is 17.5 Å². The summed E-state index contributed by atoms with van der Waals surface area (Å²) >= 11 is 0. The molecule has 1 aliphatic carbocycles. The first-order valence-corrected chi connectivity index (χ1v) is 8.68. The van der Waals surface area contributed by atoms with Crippen molar-refractivity contribution in [2.75, 3.05) is 0 Å². The van der Waals surface area contributed by atoms with Crippen LogP contribution in [0.25, 0.3) is 10.9 Å². The highest BCUT2D eigenvalue weighted by atomic mass is 16.3. The average Bonchev–Trinajstić information content (AvgIpc) is 3.14. The number of amides is 1. The monoisotopic (exact) mass is 335 g/mol. The summed E-state index contributed by atoms with van der Waals surface area (Å²) in [5, 5.41) is 14.2. The Morgan fingerprint density at radius 3 is 2.84 bits per heavy atom. The molecular weight excluding hydrogens is 316 g/mol. The normalized spacial score (nSPS) is 29.3.